The zero-order valence-electron chi connectivity index (χ0n) is 11.9. The first-order chi connectivity index (χ1) is 9.00. The van der Waals surface area contributed by atoms with E-state index in [0.29, 0.717) is 6.42 Å². The van der Waals surface area contributed by atoms with Gasteiger partial charge in [-0.2, -0.15) is 0 Å². The summed E-state index contributed by atoms with van der Waals surface area (Å²) in [6.07, 6.45) is 5.41. The molecule has 1 rings (SSSR count). The molecule has 1 aliphatic rings. The van der Waals surface area contributed by atoms with E-state index < -0.39 is 11.4 Å². The molecule has 1 saturated heterocycles. The molecular weight excluding hydrogens is 244 g/mol. The van der Waals surface area contributed by atoms with Crippen molar-refractivity contribution in [2.45, 2.75) is 51.9 Å². The Morgan fingerprint density at radius 3 is 2.37 bits per heavy atom. The van der Waals surface area contributed by atoms with Gasteiger partial charge >= 0.3 is 5.97 Å². The Bertz CT molecular complexity index is 310. The predicted molar refractivity (Wildman–Crippen MR) is 73.7 cm³/mol. The topological polar surface area (TPSA) is 83.6 Å². The molecule has 0 aromatic rings. The van der Waals surface area contributed by atoms with Crippen LogP contribution in [0.15, 0.2) is 0 Å². The molecule has 1 amide bonds. The first-order valence-corrected chi connectivity index (χ1v) is 7.24. The molecule has 1 heterocycles. The Balaban J connectivity index is 2.31. The summed E-state index contributed by atoms with van der Waals surface area (Å²) in [6, 6.07) is 0. The summed E-state index contributed by atoms with van der Waals surface area (Å²) in [5, 5.41) is 9.41. The smallest absolute Gasteiger partial charge is 0.309 e. The number of rotatable bonds is 8. The molecule has 0 atom stereocenters. The molecule has 5 nitrogen and oxygen atoms in total. The quantitative estimate of drug-likeness (QED) is 0.656. The molecule has 110 valence electrons. The Labute approximate surface area is 115 Å². The van der Waals surface area contributed by atoms with Gasteiger partial charge in [-0.15, -0.1) is 0 Å². The van der Waals surface area contributed by atoms with Crippen molar-refractivity contribution in [3.8, 4) is 0 Å². The summed E-state index contributed by atoms with van der Waals surface area (Å²) in [4.78, 5) is 24.4. The number of nitrogens with two attached hydrogens (primary N) is 1. The molecule has 19 heavy (non-hydrogen) atoms. The second kappa shape index (κ2) is 7.48. The Morgan fingerprint density at radius 2 is 1.89 bits per heavy atom. The van der Waals surface area contributed by atoms with Gasteiger partial charge in [0.1, 0.15) is 0 Å². The summed E-state index contributed by atoms with van der Waals surface area (Å²) < 4.78 is 0. The zero-order chi connectivity index (χ0) is 14.3. The molecule has 0 aliphatic carbocycles. The largest absolute Gasteiger partial charge is 0.481 e. The number of carbonyl (C=O) groups excluding carboxylic acids is 1. The van der Waals surface area contributed by atoms with Crippen LogP contribution in [0.25, 0.3) is 0 Å². The van der Waals surface area contributed by atoms with E-state index in [1.54, 1.807) is 0 Å². The van der Waals surface area contributed by atoms with E-state index in [1.165, 1.54) is 0 Å². The lowest BCUT2D eigenvalue weighted by atomic mass is 9.75. The van der Waals surface area contributed by atoms with Crippen molar-refractivity contribution in [3.05, 3.63) is 0 Å². The van der Waals surface area contributed by atoms with Crippen LogP contribution in [0.5, 0.6) is 0 Å². The Kier molecular flexibility index (Phi) is 6.28. The van der Waals surface area contributed by atoms with E-state index in [1.807, 2.05) is 6.92 Å². The van der Waals surface area contributed by atoms with Gasteiger partial charge in [-0.25, -0.2) is 0 Å². The Hall–Kier alpha value is -1.10. The lowest BCUT2D eigenvalue weighted by Crippen LogP contribution is -2.44. The number of nitrogens with zero attached hydrogens (tertiary/aromatic N) is 1. The average Bonchev–Trinajstić information content (AvgIpc) is 2.36. The first kappa shape index (κ1) is 16.0. The highest BCUT2D eigenvalue weighted by Crippen LogP contribution is 2.36. The zero-order valence-corrected chi connectivity index (χ0v) is 11.9. The predicted octanol–water partition coefficient (Wildman–Crippen LogP) is 1.61. The monoisotopic (exact) mass is 270 g/mol. The van der Waals surface area contributed by atoms with Crippen molar-refractivity contribution in [1.29, 1.82) is 0 Å². The average molecular weight is 270 g/mol. The minimum atomic E-state index is -0.636. The van der Waals surface area contributed by atoms with Gasteiger partial charge in [-0.05, 0) is 51.7 Å². The van der Waals surface area contributed by atoms with Crippen LogP contribution in [0.1, 0.15) is 51.9 Å². The molecule has 0 spiro atoms. The molecule has 1 fully saturated rings. The number of aliphatic carboxylic acids is 1. The minimum Gasteiger partial charge on any atom is -0.481 e. The molecule has 0 radical (unpaired) electrons. The maximum atomic E-state index is 11.4. The molecule has 3 N–H and O–H groups in total. The third kappa shape index (κ3) is 4.82. The SMILES string of the molecule is CCCC1(C(=O)O)CCN(CCCCC(N)=O)CC1. The van der Waals surface area contributed by atoms with Gasteiger partial charge in [-0.3, -0.25) is 9.59 Å². The fourth-order valence-corrected chi connectivity index (χ4v) is 2.89. The number of carbonyl (C=O) groups is 2. The van der Waals surface area contributed by atoms with E-state index in [2.05, 4.69) is 4.90 Å². The number of hydrogen-bond donors (Lipinski definition) is 2. The maximum absolute atomic E-state index is 11.4. The lowest BCUT2D eigenvalue weighted by Gasteiger charge is -2.38. The molecule has 0 aromatic heterocycles. The summed E-state index contributed by atoms with van der Waals surface area (Å²) in [5.74, 6) is -0.880. The van der Waals surface area contributed by atoms with Gasteiger partial charge in [0.05, 0.1) is 5.41 Å². The number of carboxylic acid groups (broad SMARTS) is 1. The Morgan fingerprint density at radius 1 is 1.26 bits per heavy atom. The van der Waals surface area contributed by atoms with Crippen molar-refractivity contribution in [2.24, 2.45) is 11.1 Å². The molecule has 0 unspecified atom stereocenters. The van der Waals surface area contributed by atoms with Crippen LogP contribution in [-0.2, 0) is 9.59 Å². The van der Waals surface area contributed by atoms with Crippen molar-refractivity contribution >= 4 is 11.9 Å². The number of hydrogen-bond acceptors (Lipinski definition) is 3. The van der Waals surface area contributed by atoms with Gasteiger partial charge in [0.25, 0.3) is 0 Å². The van der Waals surface area contributed by atoms with Gasteiger partial charge < -0.3 is 15.7 Å². The normalized spacial score (nSPS) is 19.2. The highest BCUT2D eigenvalue weighted by atomic mass is 16.4. The highest BCUT2D eigenvalue weighted by Gasteiger charge is 2.40. The molecule has 1 aliphatic heterocycles. The number of piperidine rings is 1. The second-order valence-corrected chi connectivity index (χ2v) is 5.60. The van der Waals surface area contributed by atoms with Crippen LogP contribution in [0, 0.1) is 5.41 Å². The summed E-state index contributed by atoms with van der Waals surface area (Å²) >= 11 is 0. The summed E-state index contributed by atoms with van der Waals surface area (Å²) in [5.41, 5.74) is 4.59. The summed E-state index contributed by atoms with van der Waals surface area (Å²) in [6.45, 7) is 4.68. The standard InChI is InChI=1S/C14H26N2O3/c1-2-6-14(13(18)19)7-10-16(11-8-14)9-4-3-5-12(15)17/h2-11H2,1H3,(H2,15,17)(H,18,19). The molecule has 0 bridgehead atoms. The van der Waals surface area contributed by atoms with Gasteiger partial charge in [0.15, 0.2) is 0 Å². The highest BCUT2D eigenvalue weighted by molar-refractivity contribution is 5.74. The fourth-order valence-electron chi connectivity index (χ4n) is 2.89. The molecule has 0 saturated carbocycles. The summed E-state index contributed by atoms with van der Waals surface area (Å²) in [7, 11) is 0. The van der Waals surface area contributed by atoms with Crippen molar-refractivity contribution in [3.63, 3.8) is 0 Å². The van der Waals surface area contributed by atoms with Gasteiger partial charge in [-0.1, -0.05) is 13.3 Å². The van der Waals surface area contributed by atoms with Crippen LogP contribution < -0.4 is 5.73 Å². The van der Waals surface area contributed by atoms with E-state index in [4.69, 9.17) is 5.73 Å². The van der Waals surface area contributed by atoms with E-state index >= 15 is 0 Å². The van der Waals surface area contributed by atoms with Crippen LogP contribution in [0.3, 0.4) is 0 Å². The minimum absolute atomic E-state index is 0.244. The van der Waals surface area contributed by atoms with Crippen LogP contribution in [0.4, 0.5) is 0 Å². The van der Waals surface area contributed by atoms with Crippen molar-refractivity contribution in [1.82, 2.24) is 4.90 Å². The lowest BCUT2D eigenvalue weighted by molar-refractivity contribution is -0.152. The van der Waals surface area contributed by atoms with Crippen molar-refractivity contribution < 1.29 is 14.7 Å². The number of unbranched alkanes of at least 4 members (excludes halogenated alkanes) is 1. The van der Waals surface area contributed by atoms with Crippen LogP contribution in [-0.4, -0.2) is 41.5 Å². The number of carboxylic acids is 1. The van der Waals surface area contributed by atoms with Gasteiger partial charge in [0, 0.05) is 6.42 Å². The second-order valence-electron chi connectivity index (χ2n) is 5.60. The van der Waals surface area contributed by atoms with Crippen molar-refractivity contribution in [2.75, 3.05) is 19.6 Å². The molecular formula is C14H26N2O3. The number of likely N-dealkylation sites (tertiary alicyclic amines) is 1. The first-order valence-electron chi connectivity index (χ1n) is 7.24. The third-order valence-electron chi connectivity index (χ3n) is 4.14. The fraction of sp³-hybridized carbons (Fsp3) is 0.857. The third-order valence-corrected chi connectivity index (χ3v) is 4.14. The van der Waals surface area contributed by atoms with E-state index in [-0.39, 0.29) is 5.91 Å². The van der Waals surface area contributed by atoms with Gasteiger partial charge in [0.2, 0.25) is 5.91 Å². The molecule has 5 heteroatoms. The van der Waals surface area contributed by atoms with E-state index in [0.717, 1.165) is 58.2 Å². The van der Waals surface area contributed by atoms with E-state index in [9.17, 15) is 14.7 Å². The number of primary amides is 1. The molecule has 0 aromatic carbocycles. The van der Waals surface area contributed by atoms with Crippen LogP contribution in [0.2, 0.25) is 0 Å². The van der Waals surface area contributed by atoms with Crippen LogP contribution >= 0.6 is 0 Å². The number of amides is 1. The maximum Gasteiger partial charge on any atom is 0.309 e.